The second-order valence-corrected chi connectivity index (χ2v) is 4.04. The molecule has 0 bridgehead atoms. The topological polar surface area (TPSA) is 55.4 Å². The van der Waals surface area contributed by atoms with Crippen molar-refractivity contribution >= 4 is 11.5 Å². The molecule has 13 heavy (non-hydrogen) atoms. The Morgan fingerprint density at radius 1 is 1.38 bits per heavy atom. The second kappa shape index (κ2) is 4.21. The Kier molecular flexibility index (Phi) is 3.85. The third-order valence-corrected chi connectivity index (χ3v) is 1.66. The van der Waals surface area contributed by atoms with Crippen molar-refractivity contribution in [2.45, 2.75) is 27.7 Å². The summed E-state index contributed by atoms with van der Waals surface area (Å²) in [5, 5.41) is 0. The molecule has 2 N–H and O–H groups in total. The molecule has 0 aromatic carbocycles. The van der Waals surface area contributed by atoms with Crippen molar-refractivity contribution in [3.63, 3.8) is 0 Å². The van der Waals surface area contributed by atoms with Crippen LogP contribution in [0.4, 0.5) is 0 Å². The first-order valence-electron chi connectivity index (χ1n) is 4.24. The van der Waals surface area contributed by atoms with Gasteiger partial charge in [0.25, 0.3) is 0 Å². The maximum atomic E-state index is 11.6. The highest BCUT2D eigenvalue weighted by Gasteiger charge is 2.23. The third-order valence-electron chi connectivity index (χ3n) is 1.66. The van der Waals surface area contributed by atoms with Gasteiger partial charge in [0.15, 0.2) is 5.78 Å². The molecule has 0 aromatic rings. The summed E-state index contributed by atoms with van der Waals surface area (Å²) in [4.78, 5) is 15.5. The van der Waals surface area contributed by atoms with Crippen molar-refractivity contribution in [2.75, 3.05) is 7.05 Å². The number of carbonyl (C=O) groups is 1. The first-order valence-corrected chi connectivity index (χ1v) is 4.24. The minimum Gasteiger partial charge on any atom is -0.396 e. The lowest BCUT2D eigenvalue weighted by molar-refractivity contribution is -0.122. The Morgan fingerprint density at radius 3 is 2.15 bits per heavy atom. The number of rotatable bonds is 2. The molecule has 0 radical (unpaired) electrons. The minimum atomic E-state index is -0.422. The summed E-state index contributed by atoms with van der Waals surface area (Å²) in [6.07, 6.45) is 1.60. The molecular formula is C10H18N2O. The van der Waals surface area contributed by atoms with E-state index in [9.17, 15) is 4.79 Å². The van der Waals surface area contributed by atoms with Crippen LogP contribution in [0.25, 0.3) is 0 Å². The molecule has 0 spiro atoms. The van der Waals surface area contributed by atoms with E-state index in [1.807, 2.05) is 27.7 Å². The number of aliphatic imine (C=N–C) groups is 1. The maximum Gasteiger partial charge on any atom is 0.183 e. The van der Waals surface area contributed by atoms with Crippen molar-refractivity contribution in [1.29, 1.82) is 0 Å². The molecule has 0 rings (SSSR count). The van der Waals surface area contributed by atoms with E-state index in [1.54, 1.807) is 13.1 Å². The van der Waals surface area contributed by atoms with Crippen LogP contribution in [0.5, 0.6) is 0 Å². The molecule has 3 heteroatoms. The normalized spacial score (nSPS) is 14.5. The van der Waals surface area contributed by atoms with Crippen LogP contribution in [0.3, 0.4) is 0 Å². The van der Waals surface area contributed by atoms with Crippen LogP contribution in [0.1, 0.15) is 27.7 Å². The zero-order chi connectivity index (χ0) is 10.6. The van der Waals surface area contributed by atoms with E-state index in [0.29, 0.717) is 0 Å². The number of hydrogen-bond acceptors (Lipinski definition) is 3. The number of nitrogens with two attached hydrogens (primary N) is 1. The van der Waals surface area contributed by atoms with Gasteiger partial charge in [0, 0.05) is 18.2 Å². The predicted molar refractivity (Wildman–Crippen MR) is 55.8 cm³/mol. The Labute approximate surface area is 79.7 Å². The van der Waals surface area contributed by atoms with E-state index < -0.39 is 5.41 Å². The second-order valence-electron chi connectivity index (χ2n) is 4.04. The number of nitrogens with zero attached hydrogens (tertiary/aromatic N) is 1. The highest BCUT2D eigenvalue weighted by atomic mass is 16.1. The van der Waals surface area contributed by atoms with Crippen LogP contribution < -0.4 is 5.73 Å². The number of ketones is 1. The van der Waals surface area contributed by atoms with Gasteiger partial charge >= 0.3 is 0 Å². The van der Waals surface area contributed by atoms with Gasteiger partial charge in [-0.25, -0.2) is 0 Å². The monoisotopic (exact) mass is 182 g/mol. The van der Waals surface area contributed by atoms with Gasteiger partial charge in [-0.2, -0.15) is 0 Å². The first-order chi connectivity index (χ1) is 5.79. The molecule has 0 saturated heterocycles. The molecule has 0 atom stereocenters. The highest BCUT2D eigenvalue weighted by molar-refractivity contribution is 6.05. The van der Waals surface area contributed by atoms with E-state index in [2.05, 4.69) is 4.99 Å². The van der Waals surface area contributed by atoms with Crippen LogP contribution >= 0.6 is 0 Å². The first kappa shape index (κ1) is 11.9. The summed E-state index contributed by atoms with van der Waals surface area (Å²) in [6, 6.07) is 0. The van der Waals surface area contributed by atoms with Crippen molar-refractivity contribution in [1.82, 2.24) is 0 Å². The van der Waals surface area contributed by atoms with E-state index in [-0.39, 0.29) is 11.5 Å². The Morgan fingerprint density at radius 2 is 1.85 bits per heavy atom. The minimum absolute atomic E-state index is 0.0458. The zero-order valence-corrected chi connectivity index (χ0v) is 9.01. The summed E-state index contributed by atoms with van der Waals surface area (Å²) in [5.74, 6) is -0.0458. The van der Waals surface area contributed by atoms with E-state index in [1.165, 1.54) is 0 Å². The lowest BCUT2D eigenvalue weighted by atomic mass is 9.89. The van der Waals surface area contributed by atoms with Crippen molar-refractivity contribution < 1.29 is 4.79 Å². The number of carbonyl (C=O) groups excluding carboxylic acids is 1. The van der Waals surface area contributed by atoms with Crippen LogP contribution in [0, 0.1) is 5.41 Å². The molecule has 0 aliphatic rings. The largest absolute Gasteiger partial charge is 0.396 e. The molecule has 0 aromatic heterocycles. The number of allylic oxidation sites excluding steroid dienone is 2. The SMILES string of the molecule is CN=C(C)/C=C(\N)C(=O)C(C)(C)C. The fourth-order valence-electron chi connectivity index (χ4n) is 0.788. The Hall–Kier alpha value is -1.12. The molecule has 0 unspecified atom stereocenters. The lowest BCUT2D eigenvalue weighted by Crippen LogP contribution is -2.26. The van der Waals surface area contributed by atoms with Crippen LogP contribution in [0.15, 0.2) is 16.8 Å². The molecule has 3 nitrogen and oxygen atoms in total. The van der Waals surface area contributed by atoms with Crippen molar-refractivity contribution in [3.8, 4) is 0 Å². The maximum absolute atomic E-state index is 11.6. The standard InChI is InChI=1S/C10H18N2O/c1-7(12-5)6-8(11)9(13)10(2,3)4/h6H,11H2,1-5H3/b8-6-,12-7?. The molecule has 0 heterocycles. The van der Waals surface area contributed by atoms with Gasteiger partial charge in [-0.15, -0.1) is 0 Å². The average Bonchev–Trinajstić information content (AvgIpc) is 2.01. The molecule has 0 saturated carbocycles. The van der Waals surface area contributed by atoms with Crippen LogP contribution in [0.2, 0.25) is 0 Å². The fraction of sp³-hybridized carbons (Fsp3) is 0.600. The van der Waals surface area contributed by atoms with Gasteiger partial charge in [-0.3, -0.25) is 9.79 Å². The van der Waals surface area contributed by atoms with Crippen LogP contribution in [-0.2, 0) is 4.79 Å². The van der Waals surface area contributed by atoms with E-state index >= 15 is 0 Å². The smallest absolute Gasteiger partial charge is 0.183 e. The molecule has 74 valence electrons. The van der Waals surface area contributed by atoms with Crippen molar-refractivity contribution in [2.24, 2.45) is 16.1 Å². The van der Waals surface area contributed by atoms with Crippen molar-refractivity contribution in [3.05, 3.63) is 11.8 Å². The van der Waals surface area contributed by atoms with Gasteiger partial charge in [0.05, 0.1) is 5.70 Å². The number of Topliss-reactive ketones (excluding diaryl/α,β-unsaturated/α-hetero) is 1. The van der Waals surface area contributed by atoms with Crippen LogP contribution in [-0.4, -0.2) is 18.5 Å². The van der Waals surface area contributed by atoms with Gasteiger partial charge in [0.1, 0.15) is 0 Å². The van der Waals surface area contributed by atoms with Gasteiger partial charge in [0.2, 0.25) is 0 Å². The van der Waals surface area contributed by atoms with Gasteiger partial charge in [-0.05, 0) is 13.0 Å². The molecule has 0 fully saturated rings. The Balaban J connectivity index is 4.72. The summed E-state index contributed by atoms with van der Waals surface area (Å²) in [7, 11) is 1.67. The quantitative estimate of drug-likeness (QED) is 0.520. The summed E-state index contributed by atoms with van der Waals surface area (Å²) in [5.41, 5.74) is 6.22. The Bertz CT molecular complexity index is 257. The molecule has 0 aliphatic heterocycles. The summed E-state index contributed by atoms with van der Waals surface area (Å²) >= 11 is 0. The van der Waals surface area contributed by atoms with E-state index in [0.717, 1.165) is 5.71 Å². The fourth-order valence-corrected chi connectivity index (χ4v) is 0.788. The molecular weight excluding hydrogens is 164 g/mol. The average molecular weight is 182 g/mol. The lowest BCUT2D eigenvalue weighted by Gasteiger charge is -2.16. The highest BCUT2D eigenvalue weighted by Crippen LogP contribution is 2.17. The van der Waals surface area contributed by atoms with Gasteiger partial charge < -0.3 is 5.73 Å². The summed E-state index contributed by atoms with van der Waals surface area (Å²) in [6.45, 7) is 7.33. The van der Waals surface area contributed by atoms with E-state index in [4.69, 9.17) is 5.73 Å². The third kappa shape index (κ3) is 3.87. The molecule has 0 aliphatic carbocycles. The summed E-state index contributed by atoms with van der Waals surface area (Å²) < 4.78 is 0. The zero-order valence-electron chi connectivity index (χ0n) is 9.01. The predicted octanol–water partition coefficient (Wildman–Crippen LogP) is 1.53. The molecule has 0 amide bonds. The number of hydrogen-bond donors (Lipinski definition) is 1. The van der Waals surface area contributed by atoms with Gasteiger partial charge in [-0.1, -0.05) is 20.8 Å².